The molecule has 1 unspecified atom stereocenters. The molecule has 0 saturated carbocycles. The summed E-state index contributed by atoms with van der Waals surface area (Å²) in [5.41, 5.74) is 1.89. The topological polar surface area (TPSA) is 96.0 Å². The lowest BCUT2D eigenvalue weighted by atomic mass is 10.0. The zero-order valence-electron chi connectivity index (χ0n) is 24.3. The van der Waals surface area contributed by atoms with Gasteiger partial charge in [-0.05, 0) is 78.7 Å². The third kappa shape index (κ3) is 8.40. The summed E-state index contributed by atoms with van der Waals surface area (Å²) in [5.74, 6) is -0.394. The van der Waals surface area contributed by atoms with Gasteiger partial charge < -0.3 is 15.0 Å². The first-order valence-corrected chi connectivity index (χ1v) is 16.5. The third-order valence-corrected chi connectivity index (χ3v) is 9.50. The monoisotopic (exact) mass is 697 g/mol. The molecule has 0 heterocycles. The summed E-state index contributed by atoms with van der Waals surface area (Å²) < 4.78 is 35.2. The largest absolute Gasteiger partial charge is 0.497 e. The Morgan fingerprint density at radius 1 is 0.886 bits per heavy atom. The zero-order valence-corrected chi connectivity index (χ0v) is 27.5. The van der Waals surface area contributed by atoms with Crippen LogP contribution in [0.2, 0.25) is 5.02 Å². The molecule has 4 aromatic carbocycles. The van der Waals surface area contributed by atoms with Crippen LogP contribution < -0.4 is 14.4 Å². The van der Waals surface area contributed by atoms with E-state index in [1.165, 1.54) is 24.1 Å². The molecule has 0 aliphatic carbocycles. The zero-order chi connectivity index (χ0) is 31.7. The van der Waals surface area contributed by atoms with Gasteiger partial charge in [-0.25, -0.2) is 8.42 Å². The average Bonchev–Trinajstić information content (AvgIpc) is 3.03. The summed E-state index contributed by atoms with van der Waals surface area (Å²) in [5, 5.41) is 3.27. The minimum atomic E-state index is -4.23. The standard InChI is InChI=1S/C33H33BrClN3O5S/c1-3-36-33(40)31(21-24-7-5-4-6-8-24)37(22-25-9-11-26(34)12-10-25)32(39)23-38(28-15-13-27(35)14-16-28)44(41,42)30-19-17-29(43-2)18-20-30/h4-20,31H,3,21-23H2,1-2H3,(H,36,40). The van der Waals surface area contributed by atoms with Gasteiger partial charge in [0.25, 0.3) is 10.0 Å². The third-order valence-electron chi connectivity index (χ3n) is 6.93. The molecule has 0 saturated heterocycles. The smallest absolute Gasteiger partial charge is 0.264 e. The van der Waals surface area contributed by atoms with Gasteiger partial charge in [0.05, 0.1) is 17.7 Å². The summed E-state index contributed by atoms with van der Waals surface area (Å²) in [6, 6.07) is 28.0. The summed E-state index contributed by atoms with van der Waals surface area (Å²) in [7, 11) is -2.74. The van der Waals surface area contributed by atoms with Crippen molar-refractivity contribution in [1.29, 1.82) is 0 Å². The number of carbonyl (C=O) groups excluding carboxylic acids is 2. The predicted octanol–water partition coefficient (Wildman–Crippen LogP) is 6.08. The molecular weight excluding hydrogens is 666 g/mol. The van der Waals surface area contributed by atoms with Crippen molar-refractivity contribution < 1.29 is 22.7 Å². The Hall–Kier alpha value is -3.86. The fraction of sp³-hybridized carbons (Fsp3) is 0.212. The van der Waals surface area contributed by atoms with E-state index in [4.69, 9.17) is 16.3 Å². The Bertz CT molecular complexity index is 1650. The molecule has 11 heteroatoms. The lowest BCUT2D eigenvalue weighted by molar-refractivity contribution is -0.140. The van der Waals surface area contributed by atoms with Crippen molar-refractivity contribution in [2.45, 2.75) is 30.8 Å². The number of rotatable bonds is 13. The number of likely N-dealkylation sites (N-methyl/N-ethyl adjacent to an activating group) is 1. The van der Waals surface area contributed by atoms with E-state index >= 15 is 0 Å². The van der Waals surface area contributed by atoms with Crippen molar-refractivity contribution in [3.63, 3.8) is 0 Å². The molecule has 0 bridgehead atoms. The maximum atomic E-state index is 14.4. The minimum absolute atomic E-state index is 0.0231. The number of hydrogen-bond acceptors (Lipinski definition) is 5. The highest BCUT2D eigenvalue weighted by molar-refractivity contribution is 9.10. The molecule has 44 heavy (non-hydrogen) atoms. The Morgan fingerprint density at radius 2 is 1.52 bits per heavy atom. The molecule has 0 radical (unpaired) electrons. The van der Waals surface area contributed by atoms with E-state index in [9.17, 15) is 18.0 Å². The molecule has 4 aromatic rings. The van der Waals surface area contributed by atoms with E-state index in [1.807, 2.05) is 61.5 Å². The fourth-order valence-electron chi connectivity index (χ4n) is 4.64. The fourth-order valence-corrected chi connectivity index (χ4v) is 6.45. The van der Waals surface area contributed by atoms with Crippen molar-refractivity contribution in [2.24, 2.45) is 0 Å². The Kier molecular flexibility index (Phi) is 11.4. The first kappa shape index (κ1) is 33.0. The molecule has 1 atom stereocenters. The van der Waals surface area contributed by atoms with Gasteiger partial charge in [-0.1, -0.05) is 70.0 Å². The maximum absolute atomic E-state index is 14.4. The van der Waals surface area contributed by atoms with Gasteiger partial charge in [0.15, 0.2) is 0 Å². The van der Waals surface area contributed by atoms with Gasteiger partial charge in [0.2, 0.25) is 11.8 Å². The first-order valence-electron chi connectivity index (χ1n) is 13.9. The first-order chi connectivity index (χ1) is 21.1. The average molecular weight is 699 g/mol. The van der Waals surface area contributed by atoms with Gasteiger partial charge in [-0.3, -0.25) is 13.9 Å². The number of benzene rings is 4. The Balaban J connectivity index is 1.78. The lowest BCUT2D eigenvalue weighted by Crippen LogP contribution is -2.53. The van der Waals surface area contributed by atoms with Gasteiger partial charge >= 0.3 is 0 Å². The highest BCUT2D eigenvalue weighted by Crippen LogP contribution is 2.27. The number of amides is 2. The van der Waals surface area contributed by atoms with Crippen LogP contribution in [0, 0.1) is 0 Å². The molecule has 4 rings (SSSR count). The van der Waals surface area contributed by atoms with Crippen LogP contribution in [0.25, 0.3) is 0 Å². The van der Waals surface area contributed by atoms with E-state index in [-0.39, 0.29) is 29.5 Å². The number of hydrogen-bond donors (Lipinski definition) is 1. The maximum Gasteiger partial charge on any atom is 0.264 e. The van der Waals surface area contributed by atoms with Gasteiger partial charge in [0, 0.05) is 29.0 Å². The number of carbonyl (C=O) groups is 2. The molecule has 0 aromatic heterocycles. The van der Waals surface area contributed by atoms with Crippen LogP contribution in [0.4, 0.5) is 5.69 Å². The van der Waals surface area contributed by atoms with Crippen LogP contribution in [-0.2, 0) is 32.6 Å². The highest BCUT2D eigenvalue weighted by atomic mass is 79.9. The van der Waals surface area contributed by atoms with Crippen LogP contribution in [0.5, 0.6) is 5.75 Å². The molecule has 2 amide bonds. The Labute approximate surface area is 271 Å². The van der Waals surface area contributed by atoms with Crippen molar-refractivity contribution in [3.8, 4) is 5.75 Å². The van der Waals surface area contributed by atoms with Gasteiger partial charge in [0.1, 0.15) is 18.3 Å². The SMILES string of the molecule is CCNC(=O)C(Cc1ccccc1)N(Cc1ccc(Br)cc1)C(=O)CN(c1ccc(Cl)cc1)S(=O)(=O)c1ccc(OC)cc1. The van der Waals surface area contributed by atoms with Crippen molar-refractivity contribution >= 4 is 55.1 Å². The predicted molar refractivity (Wildman–Crippen MR) is 176 cm³/mol. The summed E-state index contributed by atoms with van der Waals surface area (Å²) in [4.78, 5) is 29.3. The summed E-state index contributed by atoms with van der Waals surface area (Å²) >= 11 is 9.56. The normalized spacial score (nSPS) is 11.8. The molecule has 0 fully saturated rings. The van der Waals surface area contributed by atoms with E-state index in [1.54, 1.807) is 36.4 Å². The number of ether oxygens (including phenoxy) is 1. The minimum Gasteiger partial charge on any atom is -0.497 e. The van der Waals surface area contributed by atoms with Crippen molar-refractivity contribution in [3.05, 3.63) is 124 Å². The molecule has 0 aliphatic rings. The number of nitrogens with zero attached hydrogens (tertiary/aromatic N) is 2. The quantitative estimate of drug-likeness (QED) is 0.183. The van der Waals surface area contributed by atoms with E-state index < -0.39 is 28.5 Å². The highest BCUT2D eigenvalue weighted by Gasteiger charge is 2.34. The van der Waals surface area contributed by atoms with Crippen LogP contribution in [0.3, 0.4) is 0 Å². The van der Waals surface area contributed by atoms with Crippen LogP contribution in [-0.4, -0.2) is 51.4 Å². The number of methoxy groups -OCH3 is 1. The van der Waals surface area contributed by atoms with E-state index in [0.29, 0.717) is 17.3 Å². The Morgan fingerprint density at radius 3 is 2.11 bits per heavy atom. The second-order valence-electron chi connectivity index (χ2n) is 9.91. The number of sulfonamides is 1. The summed E-state index contributed by atoms with van der Waals surface area (Å²) in [6.45, 7) is 1.70. The molecule has 230 valence electrons. The molecule has 8 nitrogen and oxygen atoms in total. The molecule has 0 spiro atoms. The molecule has 1 N–H and O–H groups in total. The second kappa shape index (κ2) is 15.2. The van der Waals surface area contributed by atoms with Crippen LogP contribution in [0.1, 0.15) is 18.1 Å². The number of nitrogens with one attached hydrogen (secondary N) is 1. The van der Waals surface area contributed by atoms with Crippen LogP contribution >= 0.6 is 27.5 Å². The van der Waals surface area contributed by atoms with Crippen LogP contribution in [0.15, 0.2) is 112 Å². The van der Waals surface area contributed by atoms with Crippen molar-refractivity contribution in [1.82, 2.24) is 10.2 Å². The summed E-state index contributed by atoms with van der Waals surface area (Å²) in [6.07, 6.45) is 0.237. The number of halogens is 2. The molecule has 0 aliphatic heterocycles. The van der Waals surface area contributed by atoms with Gasteiger partial charge in [-0.15, -0.1) is 0 Å². The van der Waals surface area contributed by atoms with E-state index in [2.05, 4.69) is 21.2 Å². The number of anilines is 1. The van der Waals surface area contributed by atoms with Crippen molar-refractivity contribution in [2.75, 3.05) is 24.5 Å². The second-order valence-corrected chi connectivity index (χ2v) is 13.1. The molecular formula is C33H33BrClN3O5S. The van der Waals surface area contributed by atoms with Gasteiger partial charge in [-0.2, -0.15) is 0 Å². The lowest BCUT2D eigenvalue weighted by Gasteiger charge is -2.33. The van der Waals surface area contributed by atoms with E-state index in [0.717, 1.165) is 19.9 Å².